The highest BCUT2D eigenvalue weighted by Gasteiger charge is 2.48. The van der Waals surface area contributed by atoms with Crippen molar-refractivity contribution in [1.29, 1.82) is 2.86 Å². The number of nitrogens with one attached hydrogen (secondary N) is 2. The van der Waals surface area contributed by atoms with Gasteiger partial charge >= 0.3 is 23.6 Å². The lowest BCUT2D eigenvalue weighted by molar-refractivity contribution is -0.0184. The highest BCUT2D eigenvalue weighted by Crippen LogP contribution is 2.54. The first kappa shape index (κ1) is 94.9. The number of halogens is 3. The van der Waals surface area contributed by atoms with E-state index in [0.717, 1.165) is 57.5 Å². The fourth-order valence-electron chi connectivity index (χ4n) is 9.47. The summed E-state index contributed by atoms with van der Waals surface area (Å²) in [7, 11) is 7.69. The molecule has 2 fully saturated rings. The van der Waals surface area contributed by atoms with Gasteiger partial charge in [0.1, 0.15) is 44.6 Å². The number of hydrogen-bond acceptors (Lipinski definition) is 23. The Labute approximate surface area is 650 Å². The molecule has 23 nitrogen and oxygen atoms in total. The third kappa shape index (κ3) is 38.9. The van der Waals surface area contributed by atoms with E-state index in [1.165, 1.54) is 38.7 Å². The van der Waals surface area contributed by atoms with Crippen molar-refractivity contribution < 1.29 is 69.5 Å². The van der Waals surface area contributed by atoms with Gasteiger partial charge in [0, 0.05) is 93.2 Å². The van der Waals surface area contributed by atoms with Crippen LogP contribution in [0, 0.1) is 0 Å². The molecule has 6 N–H and O–H groups in total. The number of benzene rings is 2. The molecule has 2 aliphatic rings. The minimum Gasteiger partial charge on any atom is -0.444 e. The van der Waals surface area contributed by atoms with E-state index in [-0.39, 0.29) is 70.3 Å². The first-order valence-electron chi connectivity index (χ1n) is 36.2. The van der Waals surface area contributed by atoms with Crippen LogP contribution in [0.1, 0.15) is 205 Å². The van der Waals surface area contributed by atoms with E-state index >= 15 is 4.39 Å². The van der Waals surface area contributed by atoms with Gasteiger partial charge in [0.2, 0.25) is 2.86 Å². The van der Waals surface area contributed by atoms with Gasteiger partial charge in [-0.3, -0.25) is 29.1 Å². The zero-order valence-electron chi connectivity index (χ0n) is 67.2. The van der Waals surface area contributed by atoms with Crippen LogP contribution in [0.3, 0.4) is 0 Å². The van der Waals surface area contributed by atoms with E-state index in [2.05, 4.69) is 142 Å². The summed E-state index contributed by atoms with van der Waals surface area (Å²) in [5.41, 5.74) is -0.102. The van der Waals surface area contributed by atoms with Crippen LogP contribution < -0.4 is 22.0 Å². The number of unbranched alkanes of at least 4 members (excludes halogenated alkanes) is 2. The highest BCUT2D eigenvalue weighted by atomic mass is 35.7. The van der Waals surface area contributed by atoms with Crippen LogP contribution >= 0.6 is 70.5 Å². The Kier molecular flexibility index (Phi) is 49.6. The molecule has 9 atom stereocenters. The van der Waals surface area contributed by atoms with Gasteiger partial charge in [-0.25, -0.2) is 32.6 Å². The first-order chi connectivity index (χ1) is 49.9. The number of anilines is 2. The van der Waals surface area contributed by atoms with Gasteiger partial charge in [0.15, 0.2) is 24.8 Å². The van der Waals surface area contributed by atoms with Crippen molar-refractivity contribution in [3.8, 4) is 0 Å². The molecule has 4 aromatic rings. The first-order valence-corrected chi connectivity index (χ1v) is 41.9. The van der Waals surface area contributed by atoms with Gasteiger partial charge in [0.25, 0.3) is 8.53 Å². The van der Waals surface area contributed by atoms with Crippen LogP contribution in [0.25, 0.3) is 0 Å². The molecule has 4 heterocycles. The van der Waals surface area contributed by atoms with Crippen molar-refractivity contribution in [3.05, 3.63) is 117 Å². The Morgan fingerprint density at radius 3 is 1.37 bits per heavy atom. The molecule has 2 aliphatic heterocycles. The maximum Gasteiger partial charge on any atom is 0.413 e. The molecular weight excluding hydrogens is 1480 g/mol. The molecule has 0 radical (unpaired) electrons. The van der Waals surface area contributed by atoms with Gasteiger partial charge in [-0.05, 0) is 146 Å². The zero-order valence-corrected chi connectivity index (χ0v) is 69.0. The molecule has 32 heteroatoms. The number of rotatable bonds is 31. The number of hydrogen-bond donors (Lipinski definition) is 6. The average Bonchev–Trinajstić information content (AvgIpc) is 1.64. The van der Waals surface area contributed by atoms with Crippen LogP contribution in [0.5, 0.6) is 0 Å². The van der Waals surface area contributed by atoms with Crippen molar-refractivity contribution in [2.45, 2.75) is 287 Å². The monoisotopic (exact) mass is 1610 g/mol. The van der Waals surface area contributed by atoms with E-state index in [1.807, 2.05) is 119 Å². The van der Waals surface area contributed by atoms with Crippen LogP contribution in [-0.2, 0) is 41.2 Å². The lowest BCUT2D eigenvalue weighted by atomic mass is 10.2. The second kappa shape index (κ2) is 54.3. The number of aliphatic hydroxyl groups is 4. The lowest BCUT2D eigenvalue weighted by Crippen LogP contribution is -2.41. The summed E-state index contributed by atoms with van der Waals surface area (Å²) >= 11 is 6.71. The third-order valence-corrected chi connectivity index (χ3v) is 26.3. The second-order valence-electron chi connectivity index (χ2n) is 26.6. The molecule has 0 spiro atoms. The molecular formula is C72H128ClF2N9O14P2S4. The lowest BCUT2D eigenvalue weighted by Gasteiger charge is -2.43. The molecule has 600 valence electrons. The van der Waals surface area contributed by atoms with E-state index in [0.29, 0.717) is 42.1 Å². The quantitative estimate of drug-likeness (QED) is 0.0155. The summed E-state index contributed by atoms with van der Waals surface area (Å²) in [6, 6.07) is 22.9. The molecule has 2 aromatic heterocycles. The Morgan fingerprint density at radius 1 is 0.644 bits per heavy atom. The smallest absolute Gasteiger partial charge is 0.413 e. The standard InChI is InChI=1S/C31H48FN4O6PS2.C17H18FN3O5.C12H28ClN2P.C8H18OS2.2CH4O.2CH4/c1-21(2)36(22(3)4)43(40-18-12-13-19-44-45-31(6,7)8)42-27-23(5)41-28(26(27)32)35-17-16-25(33-29(35)37)34-30(38)39-20-24-14-10-9-11-15-24;1-10-14(22)13(18)15(26-10)21-8-7-12(19-16(21)23)20-17(24)25-9-11-5-3-2-4-6-11;1-9(2)14(10(3)4)16(13)15(11(5)6)12(7)8;1-8(2,3)11-10-7-5-4-6-9;2*1-2;;/h9-11,14-17,21-23,26-28H,12-13,18-20H2,1-8H3,(H,33,34,37,38);2-8,10,13-15,22H,9H2,1H3,(H,19,20,23,24);9-12H,1-8H3;9H,4-7H2,1-3H3;2*2H,1H3;2*1H4/i5D;1D;;;2*2T;;. The topological polar surface area (TPSA) is 274 Å². The predicted molar refractivity (Wildman–Crippen MR) is 434 cm³/mol. The third-order valence-electron chi connectivity index (χ3n) is 13.7. The predicted octanol–water partition coefficient (Wildman–Crippen LogP) is 17.7. The van der Waals surface area contributed by atoms with Crippen LogP contribution in [-0.4, -0.2) is 190 Å². The minimum absolute atomic E-state index is 0. The van der Waals surface area contributed by atoms with Crippen LogP contribution in [0.4, 0.5) is 30.0 Å². The number of carbonyl (C=O) groups is 2. The molecule has 6 rings (SSSR count). The maximum atomic E-state index is 16.1. The molecule has 2 aromatic carbocycles. The normalized spacial score (nSPS) is 19.3. The van der Waals surface area contributed by atoms with Crippen molar-refractivity contribution >= 4 is 94.3 Å². The van der Waals surface area contributed by atoms with E-state index in [4.69, 9.17) is 49.9 Å². The summed E-state index contributed by atoms with van der Waals surface area (Å²) in [5.74, 6) is 2.04. The Hall–Kier alpha value is -3.29. The molecule has 2 saturated heterocycles. The van der Waals surface area contributed by atoms with Gasteiger partial charge < -0.3 is 48.4 Å². The summed E-state index contributed by atoms with van der Waals surface area (Å²) in [4.78, 5) is 56.6. The molecule has 0 bridgehead atoms. The largest absolute Gasteiger partial charge is 0.444 e. The molecule has 0 saturated carbocycles. The van der Waals surface area contributed by atoms with Gasteiger partial charge in [-0.15, -0.1) is 0 Å². The molecule has 104 heavy (non-hydrogen) atoms. The van der Waals surface area contributed by atoms with Gasteiger partial charge in [0.05, 0.1) is 18.8 Å². The van der Waals surface area contributed by atoms with Crippen molar-refractivity contribution in [2.24, 2.45) is 0 Å². The summed E-state index contributed by atoms with van der Waals surface area (Å²) in [6.45, 7) is 39.4. The number of aliphatic hydroxyl groups excluding tert-OH is 4. The average molecular weight is 1610 g/mol. The fourth-order valence-corrected chi connectivity index (χ4v) is 20.0. The molecule has 9 unspecified atom stereocenters. The van der Waals surface area contributed by atoms with Crippen molar-refractivity contribution in [3.63, 3.8) is 0 Å². The highest BCUT2D eigenvalue weighted by molar-refractivity contribution is 8.77. The van der Waals surface area contributed by atoms with Crippen LogP contribution in [0.2, 0.25) is 0 Å². The Morgan fingerprint density at radius 2 is 1.02 bits per heavy atom. The molecule has 2 amide bonds. The molecule has 0 aliphatic carbocycles. The van der Waals surface area contributed by atoms with Crippen molar-refractivity contribution in [1.82, 2.24) is 33.1 Å². The SMILES string of the molecule is C.C.CC(C)(C)SSCCCCO.CC(C)N(C(C)C)P(Cl)N(C(C)C)C(C)C.[2H]CC1OC(n2ccc(NC(=O)OCc3ccccc3)nc2=O)C(F)C1O.[2H]CC1OC(n2ccc(NC(=O)OCc3ccccc3)nc2=O)C(F)C1OP(OCCCCSSC(C)(C)C)N(C(C)C)C(C)C.[3H]OC.[3H]OC. The fraction of sp³-hybridized carbons (Fsp3) is 0.694. The summed E-state index contributed by atoms with van der Waals surface area (Å²) < 4.78 is 100. The number of ether oxygens (including phenoxy) is 4. The zero-order chi connectivity index (χ0) is 80.4. The van der Waals surface area contributed by atoms with Gasteiger partial charge in [-0.2, -0.15) is 9.97 Å². The second-order valence-corrected chi connectivity index (χ2v) is 36.8. The maximum absolute atomic E-state index is 16.1. The van der Waals surface area contributed by atoms with E-state index in [9.17, 15) is 28.7 Å². The Balaban J connectivity index is 0. The summed E-state index contributed by atoms with van der Waals surface area (Å²) in [6.07, 6.45) is -6.18. The van der Waals surface area contributed by atoms with Crippen molar-refractivity contribution in [2.75, 3.05) is 49.6 Å². The van der Waals surface area contributed by atoms with E-state index in [1.54, 1.807) is 12.1 Å². The number of nitrogens with zero attached hydrogens (tertiary/aromatic N) is 7. The number of carbonyl (C=O) groups excluding carboxylic acids is 2. The minimum atomic E-state index is -1.87. The van der Waals surface area contributed by atoms with Gasteiger partial charge in [-0.1, -0.05) is 171 Å². The Bertz CT molecular complexity index is 3080. The van der Waals surface area contributed by atoms with E-state index < -0.39 is 88.9 Å². The number of amides is 2. The summed E-state index contributed by atoms with van der Waals surface area (Å²) in [5, 5.41) is 29.9. The number of alkyl halides is 2. The number of aromatic nitrogens is 4. The van der Waals surface area contributed by atoms with Crippen LogP contribution in [0.15, 0.2) is 94.8 Å².